The summed E-state index contributed by atoms with van der Waals surface area (Å²) in [5, 5.41) is 18.7. The monoisotopic (exact) mass is 438 g/mol. The second-order valence-electron chi connectivity index (χ2n) is 6.99. The Balaban J connectivity index is 2.00. The lowest BCUT2D eigenvalue weighted by Crippen LogP contribution is -2.85. The van der Waals surface area contributed by atoms with E-state index in [-0.39, 0.29) is 18.0 Å². The molecule has 0 aromatic heterocycles. The highest BCUT2D eigenvalue weighted by Crippen LogP contribution is 2.29. The minimum atomic E-state index is -4.44. The van der Waals surface area contributed by atoms with Gasteiger partial charge >= 0.3 is 12.1 Å². The highest BCUT2D eigenvalue weighted by atomic mass is 19.4. The first-order valence-corrected chi connectivity index (χ1v) is 9.21. The van der Waals surface area contributed by atoms with E-state index in [2.05, 4.69) is 4.99 Å². The molecule has 0 radical (unpaired) electrons. The molecule has 166 valence electrons. The fourth-order valence-corrected chi connectivity index (χ4v) is 2.30. The van der Waals surface area contributed by atoms with Gasteiger partial charge in [-0.2, -0.15) is 18.2 Å². The molecule has 0 saturated heterocycles. The maximum absolute atomic E-state index is 12.7. The van der Waals surface area contributed by atoms with Crippen molar-refractivity contribution < 1.29 is 37.9 Å². The second-order valence-corrected chi connectivity index (χ2v) is 6.99. The fourth-order valence-electron chi connectivity index (χ4n) is 2.30. The van der Waals surface area contributed by atoms with Crippen LogP contribution in [-0.4, -0.2) is 42.0 Å². The molecule has 0 fully saturated rings. The number of amidine groups is 2. The van der Waals surface area contributed by atoms with Gasteiger partial charge in [-0.25, -0.2) is 4.79 Å². The van der Waals surface area contributed by atoms with Crippen molar-refractivity contribution >= 4 is 17.6 Å². The van der Waals surface area contributed by atoms with Crippen LogP contribution >= 0.6 is 0 Å². The summed E-state index contributed by atoms with van der Waals surface area (Å²) in [5.41, 5.74) is -1.93. The third-order valence-corrected chi connectivity index (χ3v) is 4.17. The number of nitrogens with two attached hydrogens (primary N) is 1. The Morgan fingerprint density at radius 1 is 1.06 bits per heavy atom. The number of aliphatic carboxylic acids is 1. The van der Waals surface area contributed by atoms with Gasteiger partial charge in [0, 0.05) is 5.56 Å². The van der Waals surface area contributed by atoms with Crippen LogP contribution in [0.4, 0.5) is 13.2 Å². The van der Waals surface area contributed by atoms with Crippen LogP contribution in [0.3, 0.4) is 0 Å². The number of hydrogen-bond acceptors (Lipinski definition) is 4. The molecule has 10 heteroatoms. The van der Waals surface area contributed by atoms with Crippen LogP contribution in [0, 0.1) is 5.41 Å². The number of likely N-dealkylation sites (N-methyl/N-ethyl adjacent to an activating group) is 1. The van der Waals surface area contributed by atoms with Crippen molar-refractivity contribution in [3.05, 3.63) is 59.7 Å². The number of carbonyl (C=O) groups is 1. The van der Waals surface area contributed by atoms with E-state index in [0.29, 0.717) is 17.3 Å². The van der Waals surface area contributed by atoms with Crippen LogP contribution in [0.5, 0.6) is 11.5 Å². The normalized spacial score (nSPS) is 12.4. The zero-order chi connectivity index (χ0) is 23.2. The van der Waals surface area contributed by atoms with Crippen molar-refractivity contribution in [2.45, 2.75) is 25.6 Å². The SMILES string of the molecule is C[NH2+]C(COc1ccc(OC(C)(C)C(=O)O)cc1)=NC(=N)c1ccc(C(F)(F)F)cc1. The topological polar surface area (TPSA) is 109 Å². The highest BCUT2D eigenvalue weighted by molar-refractivity contribution is 6.03. The number of aliphatic imine (C=N–C) groups is 1. The number of quaternary nitrogens is 1. The number of nitrogens with zero attached hydrogens (tertiary/aromatic N) is 1. The molecule has 2 aromatic rings. The Kier molecular flexibility index (Phi) is 7.40. The number of carboxylic acids is 1. The second kappa shape index (κ2) is 9.61. The molecule has 4 N–H and O–H groups in total. The van der Waals surface area contributed by atoms with Crippen LogP contribution in [0.25, 0.3) is 0 Å². The molecular weight excluding hydrogens is 415 g/mol. The summed E-state index contributed by atoms with van der Waals surface area (Å²) in [4.78, 5) is 15.2. The molecule has 0 bridgehead atoms. The molecule has 0 atom stereocenters. The molecule has 0 amide bonds. The van der Waals surface area contributed by atoms with E-state index < -0.39 is 23.3 Å². The first-order chi connectivity index (χ1) is 14.4. The Bertz CT molecular complexity index is 953. The van der Waals surface area contributed by atoms with Gasteiger partial charge in [0.25, 0.3) is 0 Å². The van der Waals surface area contributed by atoms with Gasteiger partial charge in [-0.3, -0.25) is 5.41 Å². The first kappa shape index (κ1) is 23.9. The van der Waals surface area contributed by atoms with Crippen LogP contribution in [0.15, 0.2) is 53.5 Å². The van der Waals surface area contributed by atoms with Crippen LogP contribution < -0.4 is 14.8 Å². The summed E-state index contributed by atoms with van der Waals surface area (Å²) in [7, 11) is 1.70. The smallest absolute Gasteiger partial charge is 0.416 e. The van der Waals surface area contributed by atoms with Gasteiger partial charge in [0.2, 0.25) is 5.84 Å². The molecule has 0 aliphatic carbocycles. The van der Waals surface area contributed by atoms with Crippen LogP contribution in [0.1, 0.15) is 25.0 Å². The van der Waals surface area contributed by atoms with Crippen molar-refractivity contribution in [1.82, 2.24) is 0 Å². The summed E-state index contributed by atoms with van der Waals surface area (Å²) < 4.78 is 49.0. The quantitative estimate of drug-likeness (QED) is 0.456. The van der Waals surface area contributed by atoms with Crippen molar-refractivity contribution in [3.8, 4) is 11.5 Å². The lowest BCUT2D eigenvalue weighted by molar-refractivity contribution is -0.509. The molecule has 2 aromatic carbocycles. The number of rotatable bonds is 7. The van der Waals surface area contributed by atoms with Gasteiger partial charge in [-0.05, 0) is 50.2 Å². The van der Waals surface area contributed by atoms with Crippen molar-refractivity contribution in [2.75, 3.05) is 13.7 Å². The number of hydrogen-bond donors (Lipinski definition) is 3. The van der Waals surface area contributed by atoms with Crippen molar-refractivity contribution in [1.29, 1.82) is 5.41 Å². The summed E-state index contributed by atoms with van der Waals surface area (Å²) in [6, 6.07) is 10.5. The average Bonchev–Trinajstić information content (AvgIpc) is 2.71. The molecule has 2 rings (SSSR count). The van der Waals surface area contributed by atoms with E-state index in [1.165, 1.54) is 26.0 Å². The van der Waals surface area contributed by atoms with E-state index in [1.807, 2.05) is 0 Å². The van der Waals surface area contributed by atoms with E-state index in [9.17, 15) is 18.0 Å². The molecular formula is C21H23F3N3O4+. The average molecular weight is 438 g/mol. The van der Waals surface area contributed by atoms with Gasteiger partial charge in [0.15, 0.2) is 18.0 Å². The Morgan fingerprint density at radius 2 is 1.61 bits per heavy atom. The molecule has 31 heavy (non-hydrogen) atoms. The van der Waals surface area contributed by atoms with Gasteiger partial charge in [-0.1, -0.05) is 12.1 Å². The van der Waals surface area contributed by atoms with E-state index in [1.54, 1.807) is 36.6 Å². The van der Waals surface area contributed by atoms with Crippen LogP contribution in [0.2, 0.25) is 0 Å². The van der Waals surface area contributed by atoms with Gasteiger partial charge in [-0.15, -0.1) is 0 Å². The summed E-state index contributed by atoms with van der Waals surface area (Å²) in [5.74, 6) is -0.0409. The van der Waals surface area contributed by atoms with E-state index in [4.69, 9.17) is 20.0 Å². The number of nitrogens with one attached hydrogen (secondary N) is 1. The third kappa shape index (κ3) is 6.82. The van der Waals surface area contributed by atoms with E-state index in [0.717, 1.165) is 12.1 Å². The predicted molar refractivity (Wildman–Crippen MR) is 108 cm³/mol. The molecule has 7 nitrogen and oxygen atoms in total. The standard InChI is InChI=1S/C21H22F3N3O4/c1-20(2,19(28)29)31-16-10-8-15(9-11-16)30-12-17(26-3)27-18(25)13-4-6-14(7-5-13)21(22,23)24/h4-11H,12H2,1-3H3,(H,28,29)(H2,25,26,27)/p+1. The maximum Gasteiger partial charge on any atom is 0.416 e. The van der Waals surface area contributed by atoms with Crippen LogP contribution in [-0.2, 0) is 11.0 Å². The Hall–Kier alpha value is -3.40. The third-order valence-electron chi connectivity index (χ3n) is 4.17. The summed E-state index contributed by atoms with van der Waals surface area (Å²) in [6.07, 6.45) is -4.44. The minimum absolute atomic E-state index is 0.0281. The number of benzene rings is 2. The number of ether oxygens (including phenoxy) is 2. The Labute approximate surface area is 177 Å². The fraction of sp³-hybridized carbons (Fsp3) is 0.286. The summed E-state index contributed by atoms with van der Waals surface area (Å²) in [6.45, 7) is 2.90. The van der Waals surface area contributed by atoms with E-state index >= 15 is 0 Å². The highest BCUT2D eigenvalue weighted by Gasteiger charge is 2.30. The largest absolute Gasteiger partial charge is 0.481 e. The van der Waals surface area contributed by atoms with Gasteiger partial charge in [0.1, 0.15) is 11.5 Å². The zero-order valence-electron chi connectivity index (χ0n) is 17.2. The number of halogens is 3. The first-order valence-electron chi connectivity index (χ1n) is 9.21. The molecule has 0 heterocycles. The molecule has 0 aliphatic rings. The van der Waals surface area contributed by atoms with Crippen molar-refractivity contribution in [3.63, 3.8) is 0 Å². The maximum atomic E-state index is 12.7. The zero-order valence-corrected chi connectivity index (χ0v) is 17.2. The minimum Gasteiger partial charge on any atom is -0.481 e. The number of alkyl halides is 3. The predicted octanol–water partition coefficient (Wildman–Crippen LogP) is 2.94. The molecule has 0 aliphatic heterocycles. The lowest BCUT2D eigenvalue weighted by Gasteiger charge is -2.21. The number of carboxylic acid groups (broad SMARTS) is 1. The van der Waals surface area contributed by atoms with Gasteiger partial charge < -0.3 is 19.9 Å². The molecule has 0 spiro atoms. The Morgan fingerprint density at radius 3 is 2.10 bits per heavy atom. The van der Waals surface area contributed by atoms with Gasteiger partial charge in [0.05, 0.1) is 12.6 Å². The summed E-state index contributed by atoms with van der Waals surface area (Å²) >= 11 is 0. The molecule has 0 saturated carbocycles. The van der Waals surface area contributed by atoms with Crippen molar-refractivity contribution in [2.24, 2.45) is 4.99 Å². The lowest BCUT2D eigenvalue weighted by atomic mass is 10.1. The molecule has 0 unspecified atom stereocenters.